The van der Waals surface area contributed by atoms with Crippen molar-refractivity contribution in [3.8, 4) is 0 Å². The summed E-state index contributed by atoms with van der Waals surface area (Å²) in [6.07, 6.45) is 1.30. The molecule has 0 bridgehead atoms. The lowest BCUT2D eigenvalue weighted by Crippen LogP contribution is -2.17. The van der Waals surface area contributed by atoms with Crippen molar-refractivity contribution in [3.63, 3.8) is 0 Å². The molecule has 2 aromatic rings. The van der Waals surface area contributed by atoms with E-state index in [1.807, 2.05) is 0 Å². The van der Waals surface area contributed by atoms with Crippen molar-refractivity contribution in [2.75, 3.05) is 10.5 Å². The monoisotopic (exact) mass is 327 g/mol. The van der Waals surface area contributed by atoms with Gasteiger partial charge in [0.25, 0.3) is 10.0 Å². The maximum atomic E-state index is 12.2. The molecule has 0 spiro atoms. The lowest BCUT2D eigenvalue weighted by atomic mass is 10.2. The number of nitrogens with one attached hydrogen (secondary N) is 1. The van der Waals surface area contributed by atoms with Crippen molar-refractivity contribution in [1.82, 2.24) is 9.97 Å². The van der Waals surface area contributed by atoms with Crippen molar-refractivity contribution in [2.45, 2.75) is 4.90 Å². The average Bonchev–Trinajstić information content (AvgIpc) is 2.37. The molecular formula is C11H10ClN5O3S. The molecule has 10 heteroatoms. The van der Waals surface area contributed by atoms with Crippen LogP contribution >= 0.6 is 11.6 Å². The summed E-state index contributed by atoms with van der Waals surface area (Å²) in [5.41, 5.74) is 10.7. The van der Waals surface area contributed by atoms with Crippen molar-refractivity contribution in [1.29, 1.82) is 0 Å². The summed E-state index contributed by atoms with van der Waals surface area (Å²) in [5.74, 6) is -0.713. The summed E-state index contributed by atoms with van der Waals surface area (Å²) in [4.78, 5) is 18.1. The number of benzene rings is 1. The molecule has 1 heterocycles. The number of rotatable bonds is 4. The number of hydrogen-bond donors (Lipinski definition) is 3. The number of anilines is 2. The van der Waals surface area contributed by atoms with Crippen LogP contribution in [0.3, 0.4) is 0 Å². The van der Waals surface area contributed by atoms with E-state index < -0.39 is 15.9 Å². The Hall–Kier alpha value is -2.39. The van der Waals surface area contributed by atoms with Crippen molar-refractivity contribution >= 4 is 39.0 Å². The Bertz CT molecular complexity index is 809. The standard InChI is InChI=1S/C11H10ClN5O3S/c12-11-15-4-3-9(16-11)17-21(19,20)8-2-1-6(10(14)18)5-7(8)13/h1-5H,13H2,(H2,14,18)(H,15,16,17). The number of nitrogen functional groups attached to an aromatic ring is 1. The van der Waals surface area contributed by atoms with E-state index in [-0.39, 0.29) is 27.2 Å². The van der Waals surface area contributed by atoms with Crippen molar-refractivity contribution in [3.05, 3.63) is 41.3 Å². The van der Waals surface area contributed by atoms with Gasteiger partial charge in [-0.1, -0.05) is 0 Å². The minimum Gasteiger partial charge on any atom is -0.398 e. The van der Waals surface area contributed by atoms with Gasteiger partial charge < -0.3 is 11.5 Å². The van der Waals surface area contributed by atoms with E-state index >= 15 is 0 Å². The Morgan fingerprint density at radius 1 is 1.29 bits per heavy atom. The van der Waals surface area contributed by atoms with Gasteiger partial charge in [-0.25, -0.2) is 13.4 Å². The van der Waals surface area contributed by atoms with Crippen LogP contribution in [0.15, 0.2) is 35.4 Å². The van der Waals surface area contributed by atoms with Gasteiger partial charge in [-0.15, -0.1) is 0 Å². The molecule has 0 radical (unpaired) electrons. The molecule has 0 aliphatic carbocycles. The predicted octanol–water partition coefficient (Wildman–Crippen LogP) is 0.612. The Labute approximate surface area is 125 Å². The van der Waals surface area contributed by atoms with Gasteiger partial charge in [0.05, 0.1) is 5.69 Å². The van der Waals surface area contributed by atoms with Crippen LogP contribution in [0.4, 0.5) is 11.5 Å². The number of halogens is 1. The number of nitrogens with zero attached hydrogens (tertiary/aromatic N) is 2. The van der Waals surface area contributed by atoms with Gasteiger partial charge in [-0.05, 0) is 35.9 Å². The predicted molar refractivity (Wildman–Crippen MR) is 77.2 cm³/mol. The minimum atomic E-state index is -3.98. The van der Waals surface area contributed by atoms with E-state index in [2.05, 4.69) is 14.7 Å². The Morgan fingerprint density at radius 2 is 2.00 bits per heavy atom. The summed E-state index contributed by atoms with van der Waals surface area (Å²) < 4.78 is 26.6. The Morgan fingerprint density at radius 3 is 2.57 bits per heavy atom. The smallest absolute Gasteiger partial charge is 0.265 e. The third-order valence-corrected chi connectivity index (χ3v) is 4.06. The zero-order valence-electron chi connectivity index (χ0n) is 10.4. The number of carbonyl (C=O) groups excluding carboxylic acids is 1. The van der Waals surface area contributed by atoms with E-state index in [0.29, 0.717) is 0 Å². The van der Waals surface area contributed by atoms with Gasteiger partial charge >= 0.3 is 0 Å². The molecule has 0 fully saturated rings. The third kappa shape index (κ3) is 3.38. The minimum absolute atomic E-state index is 0.00613. The molecule has 0 atom stereocenters. The number of hydrogen-bond acceptors (Lipinski definition) is 6. The van der Waals surface area contributed by atoms with E-state index in [0.717, 1.165) is 0 Å². The number of primary amides is 1. The van der Waals surface area contributed by atoms with Crippen molar-refractivity contribution < 1.29 is 13.2 Å². The van der Waals surface area contributed by atoms with E-state index in [1.165, 1.54) is 30.5 Å². The normalized spacial score (nSPS) is 11.1. The molecule has 1 aromatic carbocycles. The zero-order chi connectivity index (χ0) is 15.6. The van der Waals surface area contributed by atoms with Crippen LogP contribution in [0, 0.1) is 0 Å². The Balaban J connectivity index is 2.38. The highest BCUT2D eigenvalue weighted by Crippen LogP contribution is 2.22. The number of carbonyl (C=O) groups is 1. The molecule has 1 aromatic heterocycles. The Kier molecular flexibility index (Phi) is 3.96. The average molecular weight is 328 g/mol. The van der Waals surface area contributed by atoms with E-state index in [4.69, 9.17) is 23.1 Å². The summed E-state index contributed by atoms with van der Waals surface area (Å²) in [5, 5.41) is -0.104. The third-order valence-electron chi connectivity index (χ3n) is 2.45. The lowest BCUT2D eigenvalue weighted by Gasteiger charge is -2.10. The summed E-state index contributed by atoms with van der Waals surface area (Å²) in [6.45, 7) is 0. The molecule has 0 saturated heterocycles. The molecule has 0 saturated carbocycles. The largest absolute Gasteiger partial charge is 0.398 e. The highest BCUT2D eigenvalue weighted by molar-refractivity contribution is 7.92. The van der Waals surface area contributed by atoms with E-state index in [1.54, 1.807) is 0 Å². The van der Waals surface area contributed by atoms with Crippen LogP contribution in [0.1, 0.15) is 10.4 Å². The summed E-state index contributed by atoms with van der Waals surface area (Å²) in [7, 11) is -3.98. The van der Waals surface area contributed by atoms with Crippen LogP contribution in [0.25, 0.3) is 0 Å². The molecular weight excluding hydrogens is 318 g/mol. The van der Waals surface area contributed by atoms with Crippen LogP contribution in [-0.2, 0) is 10.0 Å². The maximum Gasteiger partial charge on any atom is 0.265 e. The first-order chi connectivity index (χ1) is 9.79. The number of nitrogens with two attached hydrogens (primary N) is 2. The van der Waals surface area contributed by atoms with Crippen LogP contribution in [0.2, 0.25) is 5.28 Å². The van der Waals surface area contributed by atoms with Gasteiger partial charge in [0.1, 0.15) is 10.7 Å². The molecule has 2 rings (SSSR count). The van der Waals surface area contributed by atoms with Gasteiger partial charge in [0.2, 0.25) is 11.2 Å². The molecule has 21 heavy (non-hydrogen) atoms. The first-order valence-corrected chi connectivity index (χ1v) is 7.36. The first kappa shape index (κ1) is 15.0. The summed E-state index contributed by atoms with van der Waals surface area (Å²) in [6, 6.07) is 4.96. The number of amides is 1. The number of aromatic nitrogens is 2. The molecule has 110 valence electrons. The molecule has 1 amide bonds. The van der Waals surface area contributed by atoms with Gasteiger partial charge in [-0.3, -0.25) is 9.52 Å². The maximum absolute atomic E-state index is 12.2. The van der Waals surface area contributed by atoms with Crippen LogP contribution in [0.5, 0.6) is 0 Å². The van der Waals surface area contributed by atoms with Gasteiger partial charge in [0, 0.05) is 11.8 Å². The van der Waals surface area contributed by atoms with E-state index in [9.17, 15) is 13.2 Å². The van der Waals surface area contributed by atoms with Gasteiger partial charge in [0.15, 0.2) is 0 Å². The second-order valence-corrected chi connectivity index (χ2v) is 5.92. The molecule has 0 aliphatic rings. The molecule has 5 N–H and O–H groups in total. The fraction of sp³-hybridized carbons (Fsp3) is 0. The first-order valence-electron chi connectivity index (χ1n) is 5.50. The second kappa shape index (κ2) is 5.54. The summed E-state index contributed by atoms with van der Waals surface area (Å²) >= 11 is 5.57. The fourth-order valence-electron chi connectivity index (χ4n) is 1.53. The van der Waals surface area contributed by atoms with Crippen LogP contribution in [-0.4, -0.2) is 24.3 Å². The lowest BCUT2D eigenvalue weighted by molar-refractivity contribution is 0.1000. The highest BCUT2D eigenvalue weighted by atomic mass is 35.5. The molecule has 0 unspecified atom stereocenters. The van der Waals surface area contributed by atoms with Crippen LogP contribution < -0.4 is 16.2 Å². The quantitative estimate of drug-likeness (QED) is 0.555. The molecule has 8 nitrogen and oxygen atoms in total. The second-order valence-electron chi connectivity index (χ2n) is 3.93. The number of sulfonamides is 1. The molecule has 0 aliphatic heterocycles. The zero-order valence-corrected chi connectivity index (χ0v) is 12.0. The van der Waals surface area contributed by atoms with Crippen molar-refractivity contribution in [2.24, 2.45) is 5.73 Å². The SMILES string of the molecule is NC(=O)c1ccc(S(=O)(=O)Nc2ccnc(Cl)n2)c(N)c1. The highest BCUT2D eigenvalue weighted by Gasteiger charge is 2.19. The fourth-order valence-corrected chi connectivity index (χ4v) is 2.79. The topological polar surface area (TPSA) is 141 Å². The van der Waals surface area contributed by atoms with Gasteiger partial charge in [-0.2, -0.15) is 4.98 Å².